The molecule has 4 aromatic rings. The first-order valence-corrected chi connectivity index (χ1v) is 11.2. The molecule has 2 N–H and O–H groups in total. The molecule has 34 heavy (non-hydrogen) atoms. The first kappa shape index (κ1) is 23.4. The van der Waals surface area contributed by atoms with Gasteiger partial charge < -0.3 is 15.1 Å². The summed E-state index contributed by atoms with van der Waals surface area (Å²) in [6.07, 6.45) is 3.23. The van der Waals surface area contributed by atoms with Gasteiger partial charge in [0.2, 0.25) is 11.8 Å². The van der Waals surface area contributed by atoms with Crippen molar-refractivity contribution in [3.8, 4) is 11.3 Å². The summed E-state index contributed by atoms with van der Waals surface area (Å²) in [5.74, 6) is 0.623. The summed E-state index contributed by atoms with van der Waals surface area (Å²) in [6.45, 7) is 0. The predicted octanol–water partition coefficient (Wildman–Crippen LogP) is 7.09. The molecule has 0 saturated carbocycles. The van der Waals surface area contributed by atoms with Crippen LogP contribution in [0.15, 0.2) is 95.4 Å². The van der Waals surface area contributed by atoms with Gasteiger partial charge in [-0.05, 0) is 60.2 Å². The molecule has 0 bridgehead atoms. The quantitative estimate of drug-likeness (QED) is 0.271. The van der Waals surface area contributed by atoms with Gasteiger partial charge in [0.25, 0.3) is 0 Å². The molecule has 0 aliphatic carbocycles. The topological polar surface area (TPSA) is 71.3 Å². The molecule has 2 amide bonds. The van der Waals surface area contributed by atoms with Crippen LogP contribution in [-0.4, -0.2) is 11.8 Å². The Hall–Kier alpha value is -3.80. The van der Waals surface area contributed by atoms with Crippen LogP contribution in [0.4, 0.5) is 11.4 Å². The number of benzene rings is 3. The zero-order chi connectivity index (χ0) is 23.9. The van der Waals surface area contributed by atoms with Crippen molar-refractivity contribution < 1.29 is 14.0 Å². The molecule has 0 radical (unpaired) electrons. The summed E-state index contributed by atoms with van der Waals surface area (Å²) in [4.78, 5) is 24.5. The van der Waals surface area contributed by atoms with Gasteiger partial charge in [-0.1, -0.05) is 59.6 Å². The highest BCUT2D eigenvalue weighted by Crippen LogP contribution is 2.34. The third-order valence-electron chi connectivity index (χ3n) is 4.89. The van der Waals surface area contributed by atoms with Crippen LogP contribution in [0.2, 0.25) is 10.0 Å². The maximum Gasteiger partial charge on any atom is 0.248 e. The zero-order valence-corrected chi connectivity index (χ0v) is 19.4. The number of rotatable bonds is 7. The number of halogens is 2. The smallest absolute Gasteiger partial charge is 0.248 e. The minimum absolute atomic E-state index is 0.109. The fourth-order valence-corrected chi connectivity index (χ4v) is 3.64. The Balaban J connectivity index is 1.31. The Labute approximate surface area is 207 Å². The summed E-state index contributed by atoms with van der Waals surface area (Å²) in [7, 11) is 0. The van der Waals surface area contributed by atoms with E-state index in [0.717, 1.165) is 5.56 Å². The molecule has 0 unspecified atom stereocenters. The largest absolute Gasteiger partial charge is 0.457 e. The SMILES string of the molecule is O=C(C=Cc1ccc(-c2cccc(Cl)c2Cl)o1)Nc1ccc(NC(=O)Cc2ccccc2)cc1. The molecule has 0 fully saturated rings. The Morgan fingerprint density at radius 3 is 2.24 bits per heavy atom. The predicted molar refractivity (Wildman–Crippen MR) is 137 cm³/mol. The molecule has 1 aromatic heterocycles. The highest BCUT2D eigenvalue weighted by atomic mass is 35.5. The van der Waals surface area contributed by atoms with Crippen molar-refractivity contribution in [2.75, 3.05) is 10.6 Å². The van der Waals surface area contributed by atoms with E-state index in [0.29, 0.717) is 44.9 Å². The number of hydrogen-bond donors (Lipinski definition) is 2. The molecule has 170 valence electrons. The Morgan fingerprint density at radius 1 is 0.794 bits per heavy atom. The molecular formula is C27H20Cl2N2O3. The monoisotopic (exact) mass is 490 g/mol. The van der Waals surface area contributed by atoms with Crippen LogP contribution in [0.1, 0.15) is 11.3 Å². The van der Waals surface area contributed by atoms with E-state index in [-0.39, 0.29) is 11.8 Å². The Bertz CT molecular complexity index is 1330. The van der Waals surface area contributed by atoms with Gasteiger partial charge in [-0.2, -0.15) is 0 Å². The molecule has 0 atom stereocenters. The maximum absolute atomic E-state index is 12.3. The maximum atomic E-state index is 12.3. The summed E-state index contributed by atoms with van der Waals surface area (Å²) < 4.78 is 5.75. The van der Waals surface area contributed by atoms with Crippen molar-refractivity contribution in [1.29, 1.82) is 0 Å². The van der Waals surface area contributed by atoms with Gasteiger partial charge in [-0.3, -0.25) is 9.59 Å². The van der Waals surface area contributed by atoms with Gasteiger partial charge in [-0.15, -0.1) is 0 Å². The summed E-state index contributed by atoms with van der Waals surface area (Å²) >= 11 is 12.3. The van der Waals surface area contributed by atoms with Crippen molar-refractivity contribution in [3.05, 3.63) is 112 Å². The molecule has 0 aliphatic rings. The van der Waals surface area contributed by atoms with Gasteiger partial charge >= 0.3 is 0 Å². The normalized spacial score (nSPS) is 10.9. The van der Waals surface area contributed by atoms with Gasteiger partial charge in [0, 0.05) is 23.0 Å². The van der Waals surface area contributed by atoms with Crippen LogP contribution < -0.4 is 10.6 Å². The summed E-state index contributed by atoms with van der Waals surface area (Å²) in [5, 5.41) is 6.46. The van der Waals surface area contributed by atoms with Crippen LogP contribution in [-0.2, 0) is 16.0 Å². The van der Waals surface area contributed by atoms with E-state index in [2.05, 4.69) is 10.6 Å². The number of carbonyl (C=O) groups is 2. The first-order valence-electron chi connectivity index (χ1n) is 10.4. The second kappa shape index (κ2) is 10.9. The average molecular weight is 491 g/mol. The van der Waals surface area contributed by atoms with E-state index in [4.69, 9.17) is 27.6 Å². The molecular weight excluding hydrogens is 471 g/mol. The number of amides is 2. The van der Waals surface area contributed by atoms with Crippen LogP contribution in [0.5, 0.6) is 0 Å². The summed E-state index contributed by atoms with van der Waals surface area (Å²) in [5.41, 5.74) is 2.86. The molecule has 0 aliphatic heterocycles. The van der Waals surface area contributed by atoms with Crippen LogP contribution >= 0.6 is 23.2 Å². The lowest BCUT2D eigenvalue weighted by Crippen LogP contribution is -2.14. The van der Waals surface area contributed by atoms with Crippen molar-refractivity contribution in [1.82, 2.24) is 0 Å². The van der Waals surface area contributed by atoms with E-state index in [9.17, 15) is 9.59 Å². The fraction of sp³-hybridized carbons (Fsp3) is 0.0370. The molecule has 5 nitrogen and oxygen atoms in total. The van der Waals surface area contributed by atoms with Crippen molar-refractivity contribution in [2.24, 2.45) is 0 Å². The summed E-state index contributed by atoms with van der Waals surface area (Å²) in [6, 6.07) is 25.2. The minimum atomic E-state index is -0.320. The molecule has 0 spiro atoms. The zero-order valence-electron chi connectivity index (χ0n) is 17.9. The molecule has 3 aromatic carbocycles. The first-order chi connectivity index (χ1) is 16.5. The highest BCUT2D eigenvalue weighted by Gasteiger charge is 2.10. The fourth-order valence-electron chi connectivity index (χ4n) is 3.25. The number of nitrogens with one attached hydrogen (secondary N) is 2. The third kappa shape index (κ3) is 6.16. The third-order valence-corrected chi connectivity index (χ3v) is 5.71. The molecule has 4 rings (SSSR count). The second-order valence-electron chi connectivity index (χ2n) is 7.41. The lowest BCUT2D eigenvalue weighted by molar-refractivity contribution is -0.115. The molecule has 1 heterocycles. The lowest BCUT2D eigenvalue weighted by Gasteiger charge is -2.07. The second-order valence-corrected chi connectivity index (χ2v) is 8.20. The lowest BCUT2D eigenvalue weighted by atomic mass is 10.1. The average Bonchev–Trinajstić information content (AvgIpc) is 3.30. The van der Waals surface area contributed by atoms with E-state index < -0.39 is 0 Å². The number of furan rings is 1. The van der Waals surface area contributed by atoms with E-state index in [1.165, 1.54) is 6.08 Å². The standard InChI is InChI=1S/C27H20Cl2N2O3/c28-23-8-4-7-22(27(23)29)24-15-13-21(34-24)14-16-25(32)30-19-9-11-20(12-10-19)31-26(33)17-18-5-2-1-3-6-18/h1-16H,17H2,(H,30,32)(H,31,33). The Kier molecular flexibility index (Phi) is 7.48. The van der Waals surface area contributed by atoms with Crippen molar-refractivity contribution >= 4 is 52.5 Å². The van der Waals surface area contributed by atoms with Crippen LogP contribution in [0.25, 0.3) is 17.4 Å². The van der Waals surface area contributed by atoms with Crippen LogP contribution in [0, 0.1) is 0 Å². The van der Waals surface area contributed by atoms with E-state index >= 15 is 0 Å². The van der Waals surface area contributed by atoms with Gasteiger partial charge in [0.1, 0.15) is 11.5 Å². The van der Waals surface area contributed by atoms with Gasteiger partial charge in [0.15, 0.2) is 0 Å². The van der Waals surface area contributed by atoms with Crippen molar-refractivity contribution in [2.45, 2.75) is 6.42 Å². The minimum Gasteiger partial charge on any atom is -0.457 e. The van der Waals surface area contributed by atoms with Gasteiger partial charge in [0.05, 0.1) is 16.5 Å². The van der Waals surface area contributed by atoms with Crippen molar-refractivity contribution in [3.63, 3.8) is 0 Å². The molecule has 0 saturated heterocycles. The Morgan fingerprint density at radius 2 is 1.50 bits per heavy atom. The number of hydrogen-bond acceptors (Lipinski definition) is 3. The van der Waals surface area contributed by atoms with Crippen LogP contribution in [0.3, 0.4) is 0 Å². The highest BCUT2D eigenvalue weighted by molar-refractivity contribution is 6.43. The number of anilines is 2. The van der Waals surface area contributed by atoms with Gasteiger partial charge in [-0.25, -0.2) is 0 Å². The van der Waals surface area contributed by atoms with E-state index in [1.807, 2.05) is 30.3 Å². The van der Waals surface area contributed by atoms with E-state index in [1.54, 1.807) is 60.7 Å². The number of carbonyl (C=O) groups excluding carboxylic acids is 2. The molecule has 7 heteroatoms.